The number of aromatic nitrogens is 1. The standard InChI is InChI=1S/C18H26N4O2/c1-18(2,3)24-17(23)22-10-6-7-14(13-22)12-21(4)16-15(11-19)8-5-9-20-16/h5,8-9,14H,6-7,10,12-13H2,1-4H3/t14-/m1/s1. The minimum atomic E-state index is -0.476. The number of anilines is 1. The zero-order chi connectivity index (χ0) is 17.7. The number of piperidine rings is 1. The Kier molecular flexibility index (Phi) is 5.66. The first-order chi connectivity index (χ1) is 11.3. The average Bonchev–Trinajstić information content (AvgIpc) is 2.53. The predicted octanol–water partition coefficient (Wildman–Crippen LogP) is 3.04. The average molecular weight is 330 g/mol. The molecule has 0 saturated carbocycles. The molecule has 1 aliphatic rings. The number of nitrogens with zero attached hydrogens (tertiary/aromatic N) is 4. The highest BCUT2D eigenvalue weighted by atomic mass is 16.6. The maximum absolute atomic E-state index is 12.3. The van der Waals surface area contributed by atoms with Crippen LogP contribution in [0.2, 0.25) is 0 Å². The van der Waals surface area contributed by atoms with Crippen LogP contribution in [-0.2, 0) is 4.74 Å². The summed E-state index contributed by atoms with van der Waals surface area (Å²) in [6.45, 7) is 7.81. The first kappa shape index (κ1) is 18.1. The van der Waals surface area contributed by atoms with Crippen LogP contribution in [0.5, 0.6) is 0 Å². The number of hydrogen-bond donors (Lipinski definition) is 0. The van der Waals surface area contributed by atoms with Gasteiger partial charge in [0.1, 0.15) is 17.5 Å². The third-order valence-electron chi connectivity index (χ3n) is 3.97. The van der Waals surface area contributed by atoms with Gasteiger partial charge < -0.3 is 14.5 Å². The number of pyridine rings is 1. The molecule has 0 spiro atoms. The quantitative estimate of drug-likeness (QED) is 0.852. The lowest BCUT2D eigenvalue weighted by atomic mass is 9.97. The molecular weight excluding hydrogens is 304 g/mol. The molecule has 1 atom stereocenters. The van der Waals surface area contributed by atoms with Gasteiger partial charge in [-0.3, -0.25) is 0 Å². The highest BCUT2D eigenvalue weighted by molar-refractivity contribution is 5.68. The van der Waals surface area contributed by atoms with E-state index in [0.29, 0.717) is 23.8 Å². The van der Waals surface area contributed by atoms with Crippen LogP contribution in [0.15, 0.2) is 18.3 Å². The number of nitriles is 1. The minimum Gasteiger partial charge on any atom is -0.444 e. The van der Waals surface area contributed by atoms with E-state index >= 15 is 0 Å². The van der Waals surface area contributed by atoms with Crippen molar-refractivity contribution in [2.24, 2.45) is 5.92 Å². The van der Waals surface area contributed by atoms with Gasteiger partial charge in [0.25, 0.3) is 0 Å². The maximum atomic E-state index is 12.3. The Morgan fingerprint density at radius 3 is 2.96 bits per heavy atom. The summed E-state index contributed by atoms with van der Waals surface area (Å²) in [5, 5.41) is 9.21. The van der Waals surface area contributed by atoms with E-state index < -0.39 is 5.60 Å². The van der Waals surface area contributed by atoms with Gasteiger partial charge in [-0.2, -0.15) is 5.26 Å². The molecule has 0 radical (unpaired) electrons. The lowest BCUT2D eigenvalue weighted by Gasteiger charge is -2.36. The number of carbonyl (C=O) groups is 1. The van der Waals surface area contributed by atoms with E-state index in [4.69, 9.17) is 4.74 Å². The summed E-state index contributed by atoms with van der Waals surface area (Å²) in [6, 6.07) is 5.71. The van der Waals surface area contributed by atoms with Crippen molar-refractivity contribution in [1.29, 1.82) is 5.26 Å². The molecule has 2 heterocycles. The fourth-order valence-corrected chi connectivity index (χ4v) is 2.97. The molecule has 0 unspecified atom stereocenters. The van der Waals surface area contributed by atoms with Gasteiger partial charge in [-0.05, 0) is 51.7 Å². The normalized spacial score (nSPS) is 18.0. The van der Waals surface area contributed by atoms with Gasteiger partial charge in [0.05, 0.1) is 5.56 Å². The highest BCUT2D eigenvalue weighted by Crippen LogP contribution is 2.22. The van der Waals surface area contributed by atoms with Crippen molar-refractivity contribution in [3.8, 4) is 6.07 Å². The molecule has 0 N–H and O–H groups in total. The fourth-order valence-electron chi connectivity index (χ4n) is 2.97. The molecule has 1 aromatic rings. The van der Waals surface area contributed by atoms with Crippen LogP contribution in [0.1, 0.15) is 39.2 Å². The number of hydrogen-bond acceptors (Lipinski definition) is 5. The number of rotatable bonds is 3. The smallest absolute Gasteiger partial charge is 0.410 e. The molecule has 6 nitrogen and oxygen atoms in total. The number of carbonyl (C=O) groups excluding carboxylic acids is 1. The summed E-state index contributed by atoms with van der Waals surface area (Å²) < 4.78 is 5.47. The first-order valence-electron chi connectivity index (χ1n) is 8.34. The van der Waals surface area contributed by atoms with Gasteiger partial charge in [0, 0.05) is 32.9 Å². The largest absolute Gasteiger partial charge is 0.444 e. The van der Waals surface area contributed by atoms with Crippen LogP contribution < -0.4 is 4.90 Å². The lowest BCUT2D eigenvalue weighted by Crippen LogP contribution is -2.45. The van der Waals surface area contributed by atoms with Crippen LogP contribution in [-0.4, -0.2) is 48.3 Å². The van der Waals surface area contributed by atoms with E-state index in [1.165, 1.54) is 0 Å². The lowest BCUT2D eigenvalue weighted by molar-refractivity contribution is 0.0170. The molecule has 1 fully saturated rings. The zero-order valence-corrected chi connectivity index (χ0v) is 15.0. The second kappa shape index (κ2) is 7.52. The van der Waals surface area contributed by atoms with Crippen LogP contribution in [0.4, 0.5) is 10.6 Å². The Labute approximate surface area is 144 Å². The molecular formula is C18H26N4O2. The van der Waals surface area contributed by atoms with Gasteiger partial charge in [-0.1, -0.05) is 0 Å². The van der Waals surface area contributed by atoms with E-state index in [9.17, 15) is 10.1 Å². The molecule has 1 aromatic heterocycles. The van der Waals surface area contributed by atoms with Crippen LogP contribution >= 0.6 is 0 Å². The third kappa shape index (κ3) is 4.85. The summed E-state index contributed by atoms with van der Waals surface area (Å²) in [5.74, 6) is 1.03. The van der Waals surface area contributed by atoms with E-state index in [1.807, 2.05) is 32.7 Å². The Bertz CT molecular complexity index is 618. The topological polar surface area (TPSA) is 69.5 Å². The van der Waals surface area contributed by atoms with Gasteiger partial charge in [-0.25, -0.2) is 9.78 Å². The number of likely N-dealkylation sites (tertiary alicyclic amines) is 1. The summed E-state index contributed by atoms with van der Waals surface area (Å²) in [7, 11) is 1.94. The van der Waals surface area contributed by atoms with E-state index in [0.717, 1.165) is 25.9 Å². The Morgan fingerprint density at radius 2 is 2.29 bits per heavy atom. The number of ether oxygens (including phenoxy) is 1. The van der Waals surface area contributed by atoms with Crippen molar-refractivity contribution >= 4 is 11.9 Å². The molecule has 130 valence electrons. The van der Waals surface area contributed by atoms with Gasteiger partial charge in [-0.15, -0.1) is 0 Å². The fraction of sp³-hybridized carbons (Fsp3) is 0.611. The van der Waals surface area contributed by atoms with E-state index in [2.05, 4.69) is 11.1 Å². The molecule has 1 saturated heterocycles. The number of amides is 1. The Balaban J connectivity index is 1.98. The molecule has 1 amide bonds. The van der Waals surface area contributed by atoms with Crippen LogP contribution in [0.25, 0.3) is 0 Å². The second-order valence-corrected chi connectivity index (χ2v) is 7.30. The van der Waals surface area contributed by atoms with Crippen LogP contribution in [0.3, 0.4) is 0 Å². The molecule has 0 bridgehead atoms. The SMILES string of the molecule is CN(C[C@H]1CCCN(C(=O)OC(C)(C)C)C1)c1ncccc1C#N. The monoisotopic (exact) mass is 330 g/mol. The molecule has 0 aliphatic carbocycles. The summed E-state index contributed by atoms with van der Waals surface area (Å²) in [5.41, 5.74) is 0.0935. The summed E-state index contributed by atoms with van der Waals surface area (Å²) >= 11 is 0. The predicted molar refractivity (Wildman–Crippen MR) is 92.8 cm³/mol. The minimum absolute atomic E-state index is 0.245. The van der Waals surface area contributed by atoms with Gasteiger partial charge in [0.15, 0.2) is 0 Å². The maximum Gasteiger partial charge on any atom is 0.410 e. The Morgan fingerprint density at radius 1 is 1.54 bits per heavy atom. The van der Waals surface area contributed by atoms with Crippen LogP contribution in [0, 0.1) is 17.2 Å². The van der Waals surface area contributed by atoms with Crippen molar-refractivity contribution in [3.05, 3.63) is 23.9 Å². The molecule has 6 heteroatoms. The van der Waals surface area contributed by atoms with Gasteiger partial charge >= 0.3 is 6.09 Å². The third-order valence-corrected chi connectivity index (χ3v) is 3.97. The van der Waals surface area contributed by atoms with E-state index in [1.54, 1.807) is 23.2 Å². The first-order valence-corrected chi connectivity index (χ1v) is 8.34. The zero-order valence-electron chi connectivity index (χ0n) is 15.0. The van der Waals surface area contributed by atoms with Crippen molar-refractivity contribution in [2.45, 2.75) is 39.2 Å². The van der Waals surface area contributed by atoms with Crippen molar-refractivity contribution < 1.29 is 9.53 Å². The molecule has 2 rings (SSSR count). The summed E-state index contributed by atoms with van der Waals surface area (Å²) in [4.78, 5) is 20.4. The van der Waals surface area contributed by atoms with Crippen molar-refractivity contribution in [2.75, 3.05) is 31.6 Å². The van der Waals surface area contributed by atoms with Crippen molar-refractivity contribution in [3.63, 3.8) is 0 Å². The van der Waals surface area contributed by atoms with Crippen molar-refractivity contribution in [1.82, 2.24) is 9.88 Å². The summed E-state index contributed by atoms with van der Waals surface area (Å²) in [6.07, 6.45) is 3.47. The molecule has 0 aromatic carbocycles. The second-order valence-electron chi connectivity index (χ2n) is 7.30. The molecule has 24 heavy (non-hydrogen) atoms. The molecule has 1 aliphatic heterocycles. The van der Waals surface area contributed by atoms with Gasteiger partial charge in [0.2, 0.25) is 0 Å². The van der Waals surface area contributed by atoms with E-state index in [-0.39, 0.29) is 6.09 Å². The Hall–Kier alpha value is -2.29. The highest BCUT2D eigenvalue weighted by Gasteiger charge is 2.28.